The second kappa shape index (κ2) is 7.48. The Balaban J connectivity index is 2.06. The number of nitrogens with one attached hydrogen (secondary N) is 1. The predicted octanol–water partition coefficient (Wildman–Crippen LogP) is 2.07. The number of carbonyl (C=O) groups excluding carboxylic acids is 1. The molecule has 6 nitrogen and oxygen atoms in total. The van der Waals surface area contributed by atoms with E-state index in [1.165, 1.54) is 19.2 Å². The lowest BCUT2D eigenvalue weighted by Crippen LogP contribution is -2.22. The van der Waals surface area contributed by atoms with Crippen LogP contribution in [0, 0.1) is 0 Å². The van der Waals surface area contributed by atoms with Gasteiger partial charge in [0.2, 0.25) is 0 Å². The molecule has 0 aliphatic rings. The van der Waals surface area contributed by atoms with E-state index < -0.39 is 6.61 Å². The first-order chi connectivity index (χ1) is 11.0. The first-order valence-electron chi connectivity index (χ1n) is 6.80. The average Bonchev–Trinajstić information content (AvgIpc) is 2.54. The van der Waals surface area contributed by atoms with Gasteiger partial charge in [-0.2, -0.15) is 8.78 Å². The summed E-state index contributed by atoms with van der Waals surface area (Å²) in [6.45, 7) is -2.43. The summed E-state index contributed by atoms with van der Waals surface area (Å²) in [5.74, 6) is 0.341. The monoisotopic (exact) mass is 322 g/mol. The van der Waals surface area contributed by atoms with Crippen molar-refractivity contribution in [3.8, 4) is 5.75 Å². The van der Waals surface area contributed by atoms with Crippen LogP contribution in [-0.4, -0.2) is 36.8 Å². The van der Waals surface area contributed by atoms with Crippen molar-refractivity contribution in [3.05, 3.63) is 47.7 Å². The molecule has 2 rings (SSSR count). The third-order valence-electron chi connectivity index (χ3n) is 3.04. The second-order valence-corrected chi connectivity index (χ2v) is 4.74. The van der Waals surface area contributed by atoms with Crippen LogP contribution in [-0.2, 0) is 6.54 Å². The van der Waals surface area contributed by atoms with E-state index in [9.17, 15) is 13.6 Å². The third-order valence-corrected chi connectivity index (χ3v) is 3.04. The summed E-state index contributed by atoms with van der Waals surface area (Å²) in [6, 6.07) is 9.66. The van der Waals surface area contributed by atoms with E-state index >= 15 is 0 Å². The van der Waals surface area contributed by atoms with Gasteiger partial charge in [-0.05, 0) is 29.8 Å². The number of amides is 1. The van der Waals surface area contributed by atoms with Crippen molar-refractivity contribution in [3.63, 3.8) is 0 Å². The summed E-state index contributed by atoms with van der Waals surface area (Å²) in [7, 11) is 3.29. The molecule has 1 heterocycles. The Morgan fingerprint density at radius 3 is 2.70 bits per heavy atom. The van der Waals surface area contributed by atoms with Gasteiger partial charge in [0, 0.05) is 20.6 Å². The van der Waals surface area contributed by atoms with Crippen molar-refractivity contribution in [2.75, 3.05) is 19.0 Å². The zero-order valence-corrected chi connectivity index (χ0v) is 12.7. The molecule has 1 amide bonds. The van der Waals surface area contributed by atoms with Crippen molar-refractivity contribution in [2.24, 2.45) is 0 Å². The molecular weight excluding hydrogens is 306 g/mol. The third kappa shape index (κ3) is 4.60. The van der Waals surface area contributed by atoms with E-state index in [0.717, 1.165) is 5.56 Å². The number of benzene rings is 1. The molecule has 0 aliphatic carbocycles. The van der Waals surface area contributed by atoms with Crippen molar-refractivity contribution in [2.45, 2.75) is 13.2 Å². The molecule has 0 radical (unpaired) electrons. The molecule has 1 N–H and O–H groups in total. The molecule has 0 atom stereocenters. The zero-order chi connectivity index (χ0) is 16.8. The average molecular weight is 322 g/mol. The van der Waals surface area contributed by atoms with Gasteiger partial charge < -0.3 is 15.0 Å². The molecule has 0 saturated heterocycles. The maximum atomic E-state index is 12.2. The van der Waals surface area contributed by atoms with Gasteiger partial charge in [-0.3, -0.25) is 4.79 Å². The topological polar surface area (TPSA) is 67.4 Å². The van der Waals surface area contributed by atoms with Crippen LogP contribution < -0.4 is 15.0 Å². The molecule has 122 valence electrons. The molecule has 0 fully saturated rings. The molecule has 0 spiro atoms. The standard InChI is InChI=1S/C15H16F2N4O2/c1-18-14(22)12-6-7-13(20-19-12)21(2)9-10-4-3-5-11(8-10)23-15(16)17/h3-8,15H,9H2,1-2H3,(H,18,22). The van der Waals surface area contributed by atoms with E-state index in [-0.39, 0.29) is 17.4 Å². The van der Waals surface area contributed by atoms with Crippen LogP contribution in [0.4, 0.5) is 14.6 Å². The Labute approximate surface area is 132 Å². The largest absolute Gasteiger partial charge is 0.435 e. The SMILES string of the molecule is CNC(=O)c1ccc(N(C)Cc2cccc(OC(F)F)c2)nn1. The Morgan fingerprint density at radius 2 is 2.09 bits per heavy atom. The number of anilines is 1. The lowest BCUT2D eigenvalue weighted by atomic mass is 10.2. The number of rotatable bonds is 6. The fraction of sp³-hybridized carbons (Fsp3) is 0.267. The van der Waals surface area contributed by atoms with E-state index in [2.05, 4.69) is 20.3 Å². The Morgan fingerprint density at radius 1 is 1.30 bits per heavy atom. The highest BCUT2D eigenvalue weighted by Crippen LogP contribution is 2.18. The normalized spacial score (nSPS) is 10.5. The minimum Gasteiger partial charge on any atom is -0.435 e. The molecule has 8 heteroatoms. The molecule has 0 unspecified atom stereocenters. The minimum absolute atomic E-state index is 0.104. The predicted molar refractivity (Wildman–Crippen MR) is 80.6 cm³/mol. The van der Waals surface area contributed by atoms with Crippen molar-refractivity contribution in [1.29, 1.82) is 0 Å². The fourth-order valence-electron chi connectivity index (χ4n) is 1.95. The summed E-state index contributed by atoms with van der Waals surface area (Å²) in [6.07, 6.45) is 0. The number of aromatic nitrogens is 2. The van der Waals surface area contributed by atoms with Gasteiger partial charge in [0.25, 0.3) is 5.91 Å². The quantitative estimate of drug-likeness (QED) is 0.882. The molecule has 1 aromatic heterocycles. The van der Waals surface area contributed by atoms with E-state index in [4.69, 9.17) is 0 Å². The summed E-state index contributed by atoms with van der Waals surface area (Å²) in [5, 5.41) is 10.3. The summed E-state index contributed by atoms with van der Waals surface area (Å²) >= 11 is 0. The highest BCUT2D eigenvalue weighted by atomic mass is 19.3. The van der Waals surface area contributed by atoms with E-state index in [1.807, 2.05) is 0 Å². The molecule has 23 heavy (non-hydrogen) atoms. The van der Waals surface area contributed by atoms with Gasteiger partial charge in [0.1, 0.15) is 5.75 Å². The maximum Gasteiger partial charge on any atom is 0.387 e. The zero-order valence-electron chi connectivity index (χ0n) is 12.7. The number of halogens is 2. The van der Waals surface area contributed by atoms with Gasteiger partial charge in [0.15, 0.2) is 11.5 Å². The second-order valence-electron chi connectivity index (χ2n) is 4.74. The van der Waals surface area contributed by atoms with Crippen LogP contribution in [0.15, 0.2) is 36.4 Å². The first kappa shape index (κ1) is 16.6. The van der Waals surface area contributed by atoms with E-state index in [1.54, 1.807) is 36.2 Å². The van der Waals surface area contributed by atoms with E-state index in [0.29, 0.717) is 12.4 Å². The van der Waals surface area contributed by atoms with Crippen LogP contribution in [0.2, 0.25) is 0 Å². The number of ether oxygens (including phenoxy) is 1. The molecular formula is C15H16F2N4O2. The molecule has 2 aromatic rings. The Bertz CT molecular complexity index is 665. The van der Waals surface area contributed by atoms with Crippen LogP contribution in [0.5, 0.6) is 5.75 Å². The summed E-state index contributed by atoms with van der Waals surface area (Å²) < 4.78 is 28.8. The van der Waals surface area contributed by atoms with Gasteiger partial charge in [-0.1, -0.05) is 12.1 Å². The number of hydrogen-bond acceptors (Lipinski definition) is 5. The maximum absolute atomic E-state index is 12.2. The smallest absolute Gasteiger partial charge is 0.387 e. The number of nitrogens with zero attached hydrogens (tertiary/aromatic N) is 3. The number of carbonyl (C=O) groups is 1. The van der Waals surface area contributed by atoms with Crippen molar-refractivity contribution in [1.82, 2.24) is 15.5 Å². The van der Waals surface area contributed by atoms with Crippen molar-refractivity contribution >= 4 is 11.7 Å². The minimum atomic E-state index is -2.86. The first-order valence-corrected chi connectivity index (χ1v) is 6.80. The van der Waals surface area contributed by atoms with Crippen LogP contribution in [0.3, 0.4) is 0 Å². The van der Waals surface area contributed by atoms with Crippen molar-refractivity contribution < 1.29 is 18.3 Å². The Kier molecular flexibility index (Phi) is 5.40. The van der Waals surface area contributed by atoms with Gasteiger partial charge in [0.05, 0.1) is 0 Å². The fourth-order valence-corrected chi connectivity index (χ4v) is 1.95. The van der Waals surface area contributed by atoms with Gasteiger partial charge in [-0.25, -0.2) is 0 Å². The molecule has 1 aromatic carbocycles. The number of hydrogen-bond donors (Lipinski definition) is 1. The molecule has 0 saturated carbocycles. The highest BCUT2D eigenvalue weighted by molar-refractivity contribution is 5.91. The van der Waals surface area contributed by atoms with Crippen LogP contribution in [0.1, 0.15) is 16.1 Å². The lowest BCUT2D eigenvalue weighted by molar-refractivity contribution is -0.0498. The molecule has 0 bridgehead atoms. The summed E-state index contributed by atoms with van der Waals surface area (Å²) in [4.78, 5) is 13.2. The summed E-state index contributed by atoms with van der Waals surface area (Å²) in [5.41, 5.74) is 1.000. The van der Waals surface area contributed by atoms with Gasteiger partial charge >= 0.3 is 6.61 Å². The number of alkyl halides is 2. The lowest BCUT2D eigenvalue weighted by Gasteiger charge is -2.18. The van der Waals surface area contributed by atoms with Gasteiger partial charge in [-0.15, -0.1) is 10.2 Å². The highest BCUT2D eigenvalue weighted by Gasteiger charge is 2.10. The van der Waals surface area contributed by atoms with Crippen LogP contribution >= 0.6 is 0 Å². The van der Waals surface area contributed by atoms with Crippen LogP contribution in [0.25, 0.3) is 0 Å². The Hall–Kier alpha value is -2.77. The molecule has 0 aliphatic heterocycles.